The second kappa shape index (κ2) is 6.24. The predicted octanol–water partition coefficient (Wildman–Crippen LogP) is 4.24. The van der Waals surface area contributed by atoms with E-state index in [2.05, 4.69) is 5.32 Å². The zero-order chi connectivity index (χ0) is 13.8. The number of hydrogen-bond donors (Lipinski definition) is 2. The van der Waals surface area contributed by atoms with Crippen LogP contribution in [0.4, 0.5) is 10.1 Å². The third kappa shape index (κ3) is 3.60. The van der Waals surface area contributed by atoms with Crippen LogP contribution in [0.25, 0.3) is 0 Å². The van der Waals surface area contributed by atoms with Gasteiger partial charge in [-0.25, -0.2) is 4.39 Å². The first-order valence-electron chi connectivity index (χ1n) is 5.77. The molecule has 2 aromatic rings. The zero-order valence-electron chi connectivity index (χ0n) is 10.0. The van der Waals surface area contributed by atoms with Crippen LogP contribution < -0.4 is 11.1 Å². The number of halogens is 3. The Morgan fingerprint density at radius 2 is 1.79 bits per heavy atom. The molecule has 0 aliphatic rings. The molecule has 0 saturated heterocycles. The minimum absolute atomic E-state index is 0.0915. The molecule has 1 atom stereocenters. The highest BCUT2D eigenvalue weighted by atomic mass is 35.5. The van der Waals surface area contributed by atoms with Crippen LogP contribution in [-0.2, 0) is 0 Å². The summed E-state index contributed by atoms with van der Waals surface area (Å²) in [6.45, 7) is 0.366. The quantitative estimate of drug-likeness (QED) is 0.886. The topological polar surface area (TPSA) is 38.0 Å². The van der Waals surface area contributed by atoms with Gasteiger partial charge in [0.05, 0.1) is 11.1 Å². The lowest BCUT2D eigenvalue weighted by molar-refractivity contribution is 0.626. The Kier molecular flexibility index (Phi) is 4.64. The Balaban J connectivity index is 2.19. The summed E-state index contributed by atoms with van der Waals surface area (Å²) in [6.07, 6.45) is 0. The molecule has 2 aromatic carbocycles. The van der Waals surface area contributed by atoms with E-state index in [1.54, 1.807) is 24.3 Å². The fraction of sp³-hybridized carbons (Fsp3) is 0.143. The first-order chi connectivity index (χ1) is 9.10. The van der Waals surface area contributed by atoms with Crippen LogP contribution in [0.2, 0.25) is 10.0 Å². The Bertz CT molecular complexity index is 558. The second-order valence-corrected chi connectivity index (χ2v) is 4.96. The fourth-order valence-electron chi connectivity index (χ4n) is 1.75. The van der Waals surface area contributed by atoms with Crippen molar-refractivity contribution in [1.82, 2.24) is 0 Å². The zero-order valence-corrected chi connectivity index (χ0v) is 11.5. The van der Waals surface area contributed by atoms with Crippen LogP contribution >= 0.6 is 23.2 Å². The lowest BCUT2D eigenvalue weighted by atomic mass is 10.1. The van der Waals surface area contributed by atoms with Gasteiger partial charge < -0.3 is 11.1 Å². The summed E-state index contributed by atoms with van der Waals surface area (Å²) < 4.78 is 13.1. The fourth-order valence-corrected chi connectivity index (χ4v) is 2.07. The summed E-state index contributed by atoms with van der Waals surface area (Å²) in [4.78, 5) is 0. The maximum Gasteiger partial charge on any atom is 0.141 e. The standard InChI is InChI=1S/C14H13Cl2FN2/c15-10-2-4-11(5-3-10)19-14(8-18)9-1-6-13(17)12(16)7-9/h1-7,14,19H,8,18H2. The van der Waals surface area contributed by atoms with Crippen LogP contribution in [0.15, 0.2) is 42.5 Å². The van der Waals surface area contributed by atoms with Gasteiger partial charge in [0.15, 0.2) is 0 Å². The van der Waals surface area contributed by atoms with E-state index in [0.29, 0.717) is 11.6 Å². The smallest absolute Gasteiger partial charge is 0.141 e. The maximum atomic E-state index is 13.1. The number of nitrogens with one attached hydrogen (secondary N) is 1. The number of rotatable bonds is 4. The summed E-state index contributed by atoms with van der Waals surface area (Å²) >= 11 is 11.6. The molecule has 100 valence electrons. The average molecular weight is 299 g/mol. The van der Waals surface area contributed by atoms with Crippen molar-refractivity contribution in [2.75, 3.05) is 11.9 Å². The van der Waals surface area contributed by atoms with Crippen LogP contribution in [-0.4, -0.2) is 6.54 Å². The molecule has 0 fully saturated rings. The second-order valence-electron chi connectivity index (χ2n) is 4.11. The molecule has 5 heteroatoms. The van der Waals surface area contributed by atoms with E-state index < -0.39 is 5.82 Å². The van der Waals surface area contributed by atoms with E-state index in [9.17, 15) is 4.39 Å². The van der Waals surface area contributed by atoms with Gasteiger partial charge in [-0.2, -0.15) is 0 Å². The van der Waals surface area contributed by atoms with Crippen molar-refractivity contribution in [3.05, 3.63) is 63.9 Å². The van der Waals surface area contributed by atoms with Crippen molar-refractivity contribution in [3.63, 3.8) is 0 Å². The normalized spacial score (nSPS) is 12.2. The molecule has 0 heterocycles. The Morgan fingerprint density at radius 1 is 1.11 bits per heavy atom. The summed E-state index contributed by atoms with van der Waals surface area (Å²) in [5.74, 6) is -0.437. The lowest BCUT2D eigenvalue weighted by Crippen LogP contribution is -2.20. The van der Waals surface area contributed by atoms with Crippen molar-refractivity contribution >= 4 is 28.9 Å². The average Bonchev–Trinajstić information content (AvgIpc) is 2.41. The van der Waals surface area contributed by atoms with Crippen LogP contribution in [0.1, 0.15) is 11.6 Å². The van der Waals surface area contributed by atoms with Crippen molar-refractivity contribution in [3.8, 4) is 0 Å². The van der Waals surface area contributed by atoms with Crippen molar-refractivity contribution < 1.29 is 4.39 Å². The van der Waals surface area contributed by atoms with Crippen molar-refractivity contribution in [1.29, 1.82) is 0 Å². The minimum Gasteiger partial charge on any atom is -0.377 e. The van der Waals surface area contributed by atoms with Crippen LogP contribution in [0.5, 0.6) is 0 Å². The molecular weight excluding hydrogens is 286 g/mol. The summed E-state index contributed by atoms with van der Waals surface area (Å²) in [5, 5.41) is 4.01. The van der Waals surface area contributed by atoms with E-state index in [0.717, 1.165) is 11.3 Å². The van der Waals surface area contributed by atoms with Gasteiger partial charge in [-0.05, 0) is 42.0 Å². The number of benzene rings is 2. The molecule has 0 saturated carbocycles. The predicted molar refractivity (Wildman–Crippen MR) is 78.3 cm³/mol. The molecule has 0 radical (unpaired) electrons. The first kappa shape index (κ1) is 14.1. The van der Waals surface area contributed by atoms with Gasteiger partial charge in [-0.1, -0.05) is 29.3 Å². The van der Waals surface area contributed by atoms with E-state index in [1.165, 1.54) is 6.07 Å². The summed E-state index contributed by atoms with van der Waals surface area (Å²) in [6, 6.07) is 11.7. The van der Waals surface area contributed by atoms with E-state index in [1.807, 2.05) is 12.1 Å². The highest BCUT2D eigenvalue weighted by Gasteiger charge is 2.11. The minimum atomic E-state index is -0.437. The van der Waals surface area contributed by atoms with Gasteiger partial charge in [-0.15, -0.1) is 0 Å². The molecule has 0 aliphatic carbocycles. The monoisotopic (exact) mass is 298 g/mol. The van der Waals surface area contributed by atoms with Crippen LogP contribution in [0.3, 0.4) is 0 Å². The van der Waals surface area contributed by atoms with Gasteiger partial charge in [0.2, 0.25) is 0 Å². The molecule has 2 rings (SSSR count). The molecule has 0 amide bonds. The molecule has 0 bridgehead atoms. The van der Waals surface area contributed by atoms with Gasteiger partial charge in [0.1, 0.15) is 5.82 Å². The van der Waals surface area contributed by atoms with E-state index >= 15 is 0 Å². The molecule has 0 spiro atoms. The van der Waals surface area contributed by atoms with Gasteiger partial charge in [-0.3, -0.25) is 0 Å². The Hall–Kier alpha value is -1.29. The largest absolute Gasteiger partial charge is 0.377 e. The lowest BCUT2D eigenvalue weighted by Gasteiger charge is -2.19. The SMILES string of the molecule is NCC(Nc1ccc(Cl)cc1)c1ccc(F)c(Cl)c1. The summed E-state index contributed by atoms with van der Waals surface area (Å²) in [7, 11) is 0. The third-order valence-corrected chi connectivity index (χ3v) is 3.31. The van der Waals surface area contributed by atoms with Crippen LogP contribution in [0, 0.1) is 5.82 Å². The molecule has 0 aromatic heterocycles. The number of hydrogen-bond acceptors (Lipinski definition) is 2. The van der Waals surface area contributed by atoms with E-state index in [4.69, 9.17) is 28.9 Å². The molecule has 3 N–H and O–H groups in total. The molecule has 19 heavy (non-hydrogen) atoms. The van der Waals surface area contributed by atoms with Gasteiger partial charge in [0, 0.05) is 17.3 Å². The summed E-state index contributed by atoms with van der Waals surface area (Å²) in [5.41, 5.74) is 7.47. The molecular formula is C14H13Cl2FN2. The number of anilines is 1. The van der Waals surface area contributed by atoms with E-state index in [-0.39, 0.29) is 11.1 Å². The maximum absolute atomic E-state index is 13.1. The highest BCUT2D eigenvalue weighted by Crippen LogP contribution is 2.24. The molecule has 0 aliphatic heterocycles. The Morgan fingerprint density at radius 3 is 2.37 bits per heavy atom. The molecule has 1 unspecified atom stereocenters. The highest BCUT2D eigenvalue weighted by molar-refractivity contribution is 6.31. The third-order valence-electron chi connectivity index (χ3n) is 2.77. The van der Waals surface area contributed by atoms with Gasteiger partial charge >= 0.3 is 0 Å². The van der Waals surface area contributed by atoms with Gasteiger partial charge in [0.25, 0.3) is 0 Å². The molecule has 2 nitrogen and oxygen atoms in total. The van der Waals surface area contributed by atoms with Crippen molar-refractivity contribution in [2.45, 2.75) is 6.04 Å². The van der Waals surface area contributed by atoms with Crippen molar-refractivity contribution in [2.24, 2.45) is 5.73 Å². The number of nitrogens with two attached hydrogens (primary N) is 1. The Labute approximate surface area is 121 Å². The first-order valence-corrected chi connectivity index (χ1v) is 6.53.